The van der Waals surface area contributed by atoms with Gasteiger partial charge in [0.25, 0.3) is 0 Å². The van der Waals surface area contributed by atoms with Crippen LogP contribution in [0.3, 0.4) is 0 Å². The van der Waals surface area contributed by atoms with E-state index >= 15 is 0 Å². The van der Waals surface area contributed by atoms with E-state index in [-0.39, 0.29) is 11.5 Å². The van der Waals surface area contributed by atoms with Crippen LogP contribution < -0.4 is 5.73 Å². The number of aromatic nitrogens is 1. The molecule has 0 radical (unpaired) electrons. The monoisotopic (exact) mass is 226 g/mol. The molecule has 1 atom stereocenters. The summed E-state index contributed by atoms with van der Waals surface area (Å²) in [6.07, 6.45) is 5.30. The third-order valence-corrected chi connectivity index (χ3v) is 3.55. The second-order valence-corrected chi connectivity index (χ2v) is 5.03. The van der Waals surface area contributed by atoms with E-state index in [9.17, 15) is 0 Å². The quantitative estimate of drug-likeness (QED) is 0.857. The highest BCUT2D eigenvalue weighted by Gasteiger charge is 2.24. The first kappa shape index (κ1) is 12.5. The van der Waals surface area contributed by atoms with Crippen LogP contribution in [0.15, 0.2) is 18.5 Å². The van der Waals surface area contributed by atoms with E-state index in [1.165, 1.54) is 0 Å². The topological polar surface area (TPSA) is 38.9 Å². The molecule has 0 saturated heterocycles. The van der Waals surface area contributed by atoms with Gasteiger partial charge in [0, 0.05) is 18.4 Å². The van der Waals surface area contributed by atoms with Crippen molar-refractivity contribution in [3.05, 3.63) is 29.0 Å². The molecule has 1 aromatic rings. The molecule has 0 aliphatic carbocycles. The lowest BCUT2D eigenvalue weighted by molar-refractivity contribution is 0.272. The number of pyridine rings is 1. The summed E-state index contributed by atoms with van der Waals surface area (Å²) in [4.78, 5) is 3.96. The van der Waals surface area contributed by atoms with Gasteiger partial charge in [0.1, 0.15) is 0 Å². The Bertz CT molecular complexity index is 323. The number of hydrogen-bond donors (Lipinski definition) is 1. The van der Waals surface area contributed by atoms with E-state index in [0.29, 0.717) is 5.02 Å². The first-order chi connectivity index (χ1) is 6.97. The molecule has 0 saturated carbocycles. The molecule has 0 spiro atoms. The van der Waals surface area contributed by atoms with Crippen LogP contribution in [0.2, 0.25) is 5.02 Å². The van der Waals surface area contributed by atoms with Crippen LogP contribution in [-0.4, -0.2) is 11.0 Å². The van der Waals surface area contributed by atoms with Gasteiger partial charge in [-0.05, 0) is 29.9 Å². The van der Waals surface area contributed by atoms with Crippen molar-refractivity contribution < 1.29 is 0 Å². The van der Waals surface area contributed by atoms with Crippen molar-refractivity contribution in [2.24, 2.45) is 11.1 Å². The Labute approximate surface area is 96.8 Å². The van der Waals surface area contributed by atoms with Crippen LogP contribution in [-0.2, 0) is 6.42 Å². The van der Waals surface area contributed by atoms with Gasteiger partial charge >= 0.3 is 0 Å². The molecule has 0 fully saturated rings. The van der Waals surface area contributed by atoms with E-state index in [0.717, 1.165) is 18.4 Å². The van der Waals surface area contributed by atoms with Crippen LogP contribution >= 0.6 is 11.6 Å². The van der Waals surface area contributed by atoms with Crippen LogP contribution in [0.5, 0.6) is 0 Å². The summed E-state index contributed by atoms with van der Waals surface area (Å²) in [6, 6.07) is 2.07. The number of halogens is 1. The molecule has 3 heteroatoms. The standard InChI is InChI=1S/C12H19ClN2/c1-4-12(2,3)11(14)7-9-5-6-15-8-10(9)13/h5-6,8,11H,4,7,14H2,1-3H3. The number of hydrogen-bond acceptors (Lipinski definition) is 2. The average Bonchev–Trinajstić information content (AvgIpc) is 2.21. The SMILES string of the molecule is CCC(C)(C)C(N)Cc1ccncc1Cl. The number of rotatable bonds is 4. The second-order valence-electron chi connectivity index (χ2n) is 4.62. The maximum atomic E-state index is 6.18. The summed E-state index contributed by atoms with van der Waals surface area (Å²) in [6.45, 7) is 6.54. The fraction of sp³-hybridized carbons (Fsp3) is 0.583. The van der Waals surface area contributed by atoms with Crippen molar-refractivity contribution in [3.8, 4) is 0 Å². The van der Waals surface area contributed by atoms with Gasteiger partial charge in [0.2, 0.25) is 0 Å². The minimum Gasteiger partial charge on any atom is -0.327 e. The summed E-state index contributed by atoms with van der Waals surface area (Å²) in [5.74, 6) is 0. The Hall–Kier alpha value is -0.600. The third kappa shape index (κ3) is 3.18. The molecule has 84 valence electrons. The lowest BCUT2D eigenvalue weighted by Gasteiger charge is -2.30. The predicted octanol–water partition coefficient (Wildman–Crippen LogP) is 3.04. The molecule has 0 aromatic carbocycles. The predicted molar refractivity (Wildman–Crippen MR) is 65.0 cm³/mol. The zero-order valence-corrected chi connectivity index (χ0v) is 10.4. The molecule has 1 unspecified atom stereocenters. The van der Waals surface area contributed by atoms with E-state index in [4.69, 9.17) is 17.3 Å². The Morgan fingerprint density at radius 3 is 2.73 bits per heavy atom. The van der Waals surface area contributed by atoms with E-state index in [1.807, 2.05) is 6.07 Å². The largest absolute Gasteiger partial charge is 0.327 e. The summed E-state index contributed by atoms with van der Waals surface area (Å²) >= 11 is 6.04. The molecule has 0 amide bonds. The minimum absolute atomic E-state index is 0.127. The number of nitrogens with zero attached hydrogens (tertiary/aromatic N) is 1. The molecule has 0 bridgehead atoms. The summed E-state index contributed by atoms with van der Waals surface area (Å²) in [5.41, 5.74) is 7.41. The van der Waals surface area contributed by atoms with Crippen molar-refractivity contribution in [2.75, 3.05) is 0 Å². The van der Waals surface area contributed by atoms with Gasteiger partial charge in [-0.1, -0.05) is 32.4 Å². The van der Waals surface area contributed by atoms with Gasteiger partial charge in [-0.2, -0.15) is 0 Å². The van der Waals surface area contributed by atoms with Crippen LogP contribution in [0.1, 0.15) is 32.8 Å². The molecular weight excluding hydrogens is 208 g/mol. The fourth-order valence-electron chi connectivity index (χ4n) is 1.34. The van der Waals surface area contributed by atoms with E-state index in [1.54, 1.807) is 12.4 Å². The highest BCUT2D eigenvalue weighted by Crippen LogP contribution is 2.27. The Morgan fingerprint density at radius 1 is 1.53 bits per heavy atom. The normalized spacial score (nSPS) is 13.9. The molecular formula is C12H19ClN2. The molecule has 1 heterocycles. The highest BCUT2D eigenvalue weighted by molar-refractivity contribution is 6.31. The molecule has 2 nitrogen and oxygen atoms in total. The summed E-state index contributed by atoms with van der Waals surface area (Å²) < 4.78 is 0. The van der Waals surface area contributed by atoms with Crippen LogP contribution in [0.25, 0.3) is 0 Å². The van der Waals surface area contributed by atoms with E-state index < -0.39 is 0 Å². The average molecular weight is 227 g/mol. The summed E-state index contributed by atoms with van der Waals surface area (Å²) in [5, 5.41) is 0.708. The third-order valence-electron chi connectivity index (χ3n) is 3.21. The Kier molecular flexibility index (Phi) is 4.12. The van der Waals surface area contributed by atoms with Crippen molar-refractivity contribution >= 4 is 11.6 Å². The van der Waals surface area contributed by atoms with Crippen molar-refractivity contribution in [2.45, 2.75) is 39.7 Å². The van der Waals surface area contributed by atoms with Crippen LogP contribution in [0, 0.1) is 5.41 Å². The molecule has 0 aliphatic heterocycles. The van der Waals surface area contributed by atoms with Gasteiger partial charge in [0.05, 0.1) is 5.02 Å². The Morgan fingerprint density at radius 2 is 2.20 bits per heavy atom. The maximum absolute atomic E-state index is 6.18. The zero-order chi connectivity index (χ0) is 11.5. The molecule has 2 N–H and O–H groups in total. The smallest absolute Gasteiger partial charge is 0.0621 e. The maximum Gasteiger partial charge on any atom is 0.0621 e. The summed E-state index contributed by atoms with van der Waals surface area (Å²) in [7, 11) is 0. The van der Waals surface area contributed by atoms with Gasteiger partial charge in [0.15, 0.2) is 0 Å². The van der Waals surface area contributed by atoms with Crippen LogP contribution in [0.4, 0.5) is 0 Å². The molecule has 0 aliphatic rings. The molecule has 15 heavy (non-hydrogen) atoms. The zero-order valence-electron chi connectivity index (χ0n) is 9.63. The van der Waals surface area contributed by atoms with Crippen molar-refractivity contribution in [1.82, 2.24) is 4.98 Å². The molecule has 1 rings (SSSR count). The van der Waals surface area contributed by atoms with E-state index in [2.05, 4.69) is 25.8 Å². The molecule has 1 aromatic heterocycles. The van der Waals surface area contributed by atoms with Gasteiger partial charge in [-0.15, -0.1) is 0 Å². The number of nitrogens with two attached hydrogens (primary N) is 1. The lowest BCUT2D eigenvalue weighted by Crippen LogP contribution is -2.38. The Balaban J connectivity index is 2.75. The second kappa shape index (κ2) is 4.95. The van der Waals surface area contributed by atoms with Gasteiger partial charge in [-0.25, -0.2) is 0 Å². The first-order valence-electron chi connectivity index (χ1n) is 5.31. The first-order valence-corrected chi connectivity index (χ1v) is 5.69. The highest BCUT2D eigenvalue weighted by atomic mass is 35.5. The van der Waals surface area contributed by atoms with Crippen molar-refractivity contribution in [1.29, 1.82) is 0 Å². The van der Waals surface area contributed by atoms with Gasteiger partial charge < -0.3 is 5.73 Å². The lowest BCUT2D eigenvalue weighted by atomic mass is 9.79. The fourth-order valence-corrected chi connectivity index (χ4v) is 1.54. The minimum atomic E-state index is 0.127. The van der Waals surface area contributed by atoms with Gasteiger partial charge in [-0.3, -0.25) is 4.98 Å². The van der Waals surface area contributed by atoms with Crippen molar-refractivity contribution in [3.63, 3.8) is 0 Å².